The van der Waals surface area contributed by atoms with Crippen LogP contribution in [-0.2, 0) is 4.74 Å². The van der Waals surface area contributed by atoms with Gasteiger partial charge in [-0.2, -0.15) is 0 Å². The second kappa shape index (κ2) is 8.61. The summed E-state index contributed by atoms with van der Waals surface area (Å²) in [6, 6.07) is 0. The van der Waals surface area contributed by atoms with Crippen LogP contribution in [0.25, 0.3) is 0 Å². The van der Waals surface area contributed by atoms with Crippen molar-refractivity contribution in [2.45, 2.75) is 57.5 Å². The van der Waals surface area contributed by atoms with Crippen LogP contribution in [0.2, 0.25) is 0 Å². The van der Waals surface area contributed by atoms with Crippen LogP contribution >= 0.6 is 0 Å². The number of rotatable bonds is 7. The molecule has 1 aromatic rings. The first-order chi connectivity index (χ1) is 10.3. The molecule has 0 spiro atoms. The maximum absolute atomic E-state index is 11.6. The van der Waals surface area contributed by atoms with E-state index >= 15 is 0 Å². The van der Waals surface area contributed by atoms with Crippen molar-refractivity contribution in [3.8, 4) is 0 Å². The molecule has 1 fully saturated rings. The number of aromatic nitrogens is 3. The van der Waals surface area contributed by atoms with Gasteiger partial charge in [-0.15, -0.1) is 5.10 Å². The monoisotopic (exact) mass is 296 g/mol. The number of ether oxygens (including phenoxy) is 1. The molecule has 0 aromatic carbocycles. The summed E-state index contributed by atoms with van der Waals surface area (Å²) in [6.07, 6.45) is 9.80. The minimum Gasteiger partial charge on any atom is -0.378 e. The van der Waals surface area contributed by atoms with Crippen LogP contribution in [0.1, 0.15) is 62.0 Å². The molecule has 1 aliphatic carbocycles. The summed E-state index contributed by atoms with van der Waals surface area (Å²) in [5, 5.41) is 8.44. The van der Waals surface area contributed by atoms with Crippen LogP contribution in [0.3, 0.4) is 0 Å². The number of carbonyl (C=O) groups is 1. The molecular weight excluding hydrogens is 272 g/mol. The van der Waals surface area contributed by atoms with Gasteiger partial charge >= 0.3 is 5.69 Å². The van der Waals surface area contributed by atoms with E-state index in [-0.39, 0.29) is 11.7 Å². The molecule has 1 heterocycles. The minimum absolute atomic E-state index is 0.0229. The standard InChI is InChI=1S/C14H24N4O3/c19-13(12-16-14(20)18-17-12)15-9-5-6-10-21-11-7-3-1-2-4-8-11/h11H,1-10H2,(H,15,19)(H2,16,17,18,20). The summed E-state index contributed by atoms with van der Waals surface area (Å²) < 4.78 is 5.88. The molecule has 7 heteroatoms. The number of carbonyl (C=O) groups excluding carboxylic acids is 1. The number of H-pyrrole nitrogens is 2. The second-order valence-corrected chi connectivity index (χ2v) is 5.47. The Morgan fingerprint density at radius 1 is 1.24 bits per heavy atom. The van der Waals surface area contributed by atoms with Gasteiger partial charge in [-0.1, -0.05) is 25.7 Å². The van der Waals surface area contributed by atoms with Crippen LogP contribution in [0.15, 0.2) is 4.79 Å². The van der Waals surface area contributed by atoms with E-state index in [0.717, 1.165) is 19.4 Å². The van der Waals surface area contributed by atoms with Crippen LogP contribution < -0.4 is 11.0 Å². The summed E-state index contributed by atoms with van der Waals surface area (Å²) >= 11 is 0. The topological polar surface area (TPSA) is 99.9 Å². The van der Waals surface area contributed by atoms with Gasteiger partial charge in [-0.05, 0) is 25.7 Å². The molecule has 0 unspecified atom stereocenters. The first-order valence-electron chi connectivity index (χ1n) is 7.80. The molecule has 0 saturated heterocycles. The van der Waals surface area contributed by atoms with Crippen molar-refractivity contribution in [3.05, 3.63) is 16.3 Å². The van der Waals surface area contributed by atoms with E-state index in [0.29, 0.717) is 12.6 Å². The van der Waals surface area contributed by atoms with Gasteiger partial charge in [0.1, 0.15) is 0 Å². The minimum atomic E-state index is -0.475. The van der Waals surface area contributed by atoms with Gasteiger partial charge in [0.15, 0.2) is 0 Å². The van der Waals surface area contributed by atoms with E-state index in [1.807, 2.05) is 0 Å². The molecule has 1 amide bonds. The zero-order chi connectivity index (χ0) is 14.9. The molecule has 7 nitrogen and oxygen atoms in total. The van der Waals surface area contributed by atoms with Crippen LogP contribution in [0.4, 0.5) is 0 Å². The molecule has 21 heavy (non-hydrogen) atoms. The lowest BCUT2D eigenvalue weighted by Crippen LogP contribution is -2.26. The first-order valence-corrected chi connectivity index (χ1v) is 7.80. The lowest BCUT2D eigenvalue weighted by molar-refractivity contribution is 0.0409. The summed E-state index contributed by atoms with van der Waals surface area (Å²) in [5.41, 5.74) is -0.475. The molecule has 1 aliphatic rings. The van der Waals surface area contributed by atoms with Gasteiger partial charge in [0.2, 0.25) is 5.82 Å². The lowest BCUT2D eigenvalue weighted by Gasteiger charge is -2.15. The zero-order valence-corrected chi connectivity index (χ0v) is 12.3. The third kappa shape index (κ3) is 5.71. The average Bonchev–Trinajstić information content (AvgIpc) is 2.75. The smallest absolute Gasteiger partial charge is 0.341 e. The normalized spacial score (nSPS) is 16.6. The van der Waals surface area contributed by atoms with E-state index in [1.165, 1.54) is 38.5 Å². The number of unbranched alkanes of at least 4 members (excludes halogenated alkanes) is 1. The Kier molecular flexibility index (Phi) is 6.46. The van der Waals surface area contributed by atoms with Crippen molar-refractivity contribution >= 4 is 5.91 Å². The highest BCUT2D eigenvalue weighted by Gasteiger charge is 2.12. The number of nitrogens with one attached hydrogen (secondary N) is 3. The van der Waals surface area contributed by atoms with Crippen LogP contribution in [0.5, 0.6) is 0 Å². The van der Waals surface area contributed by atoms with E-state index in [4.69, 9.17) is 4.74 Å². The highest BCUT2D eigenvalue weighted by molar-refractivity contribution is 5.90. The zero-order valence-electron chi connectivity index (χ0n) is 12.3. The fraction of sp³-hybridized carbons (Fsp3) is 0.786. The molecular formula is C14H24N4O3. The van der Waals surface area contributed by atoms with Crippen molar-refractivity contribution in [1.29, 1.82) is 0 Å². The predicted molar refractivity (Wildman–Crippen MR) is 78.2 cm³/mol. The maximum atomic E-state index is 11.6. The molecule has 0 radical (unpaired) electrons. The molecule has 0 atom stereocenters. The Balaban J connectivity index is 1.51. The van der Waals surface area contributed by atoms with E-state index in [1.54, 1.807) is 0 Å². The largest absolute Gasteiger partial charge is 0.378 e. The highest BCUT2D eigenvalue weighted by atomic mass is 16.5. The van der Waals surface area contributed by atoms with Crippen molar-refractivity contribution < 1.29 is 9.53 Å². The SMILES string of the molecule is O=C(NCCCCOC1CCCCCC1)c1n[nH]c(=O)[nH]1. The molecule has 0 aliphatic heterocycles. The number of aromatic amines is 2. The molecule has 3 N–H and O–H groups in total. The van der Waals surface area contributed by atoms with E-state index in [2.05, 4.69) is 20.5 Å². The number of nitrogens with zero attached hydrogens (tertiary/aromatic N) is 1. The molecule has 2 rings (SSSR count). The van der Waals surface area contributed by atoms with Crippen molar-refractivity contribution in [2.75, 3.05) is 13.2 Å². The third-order valence-electron chi connectivity index (χ3n) is 3.73. The van der Waals surface area contributed by atoms with Gasteiger partial charge in [0.25, 0.3) is 5.91 Å². The van der Waals surface area contributed by atoms with E-state index < -0.39 is 5.69 Å². The summed E-state index contributed by atoms with van der Waals surface area (Å²) in [6.45, 7) is 1.31. The van der Waals surface area contributed by atoms with Gasteiger partial charge in [-0.3, -0.25) is 9.78 Å². The van der Waals surface area contributed by atoms with Gasteiger partial charge in [0.05, 0.1) is 6.10 Å². The van der Waals surface area contributed by atoms with Crippen molar-refractivity contribution in [3.63, 3.8) is 0 Å². The lowest BCUT2D eigenvalue weighted by atomic mass is 10.1. The van der Waals surface area contributed by atoms with Crippen molar-refractivity contribution in [2.24, 2.45) is 0 Å². The van der Waals surface area contributed by atoms with Crippen molar-refractivity contribution in [1.82, 2.24) is 20.5 Å². The quantitative estimate of drug-likeness (QED) is 0.522. The Labute approximate surface area is 123 Å². The van der Waals surface area contributed by atoms with Gasteiger partial charge < -0.3 is 10.1 Å². The summed E-state index contributed by atoms with van der Waals surface area (Å²) in [4.78, 5) is 24.7. The molecule has 0 bridgehead atoms. The first kappa shape index (κ1) is 15.8. The average molecular weight is 296 g/mol. The summed E-state index contributed by atoms with van der Waals surface area (Å²) in [7, 11) is 0. The third-order valence-corrected chi connectivity index (χ3v) is 3.73. The predicted octanol–water partition coefficient (Wildman–Crippen LogP) is 1.35. The fourth-order valence-corrected chi connectivity index (χ4v) is 2.55. The number of hydrogen-bond acceptors (Lipinski definition) is 4. The summed E-state index contributed by atoms with van der Waals surface area (Å²) in [5.74, 6) is -0.340. The highest BCUT2D eigenvalue weighted by Crippen LogP contribution is 2.19. The second-order valence-electron chi connectivity index (χ2n) is 5.47. The Bertz CT molecular complexity index is 475. The van der Waals surface area contributed by atoms with E-state index in [9.17, 15) is 9.59 Å². The van der Waals surface area contributed by atoms with Crippen LogP contribution in [0, 0.1) is 0 Å². The fourth-order valence-electron chi connectivity index (χ4n) is 2.55. The Hall–Kier alpha value is -1.63. The van der Waals surface area contributed by atoms with Gasteiger partial charge in [-0.25, -0.2) is 9.89 Å². The molecule has 1 saturated carbocycles. The Morgan fingerprint density at radius 2 is 2.00 bits per heavy atom. The molecule has 1 aromatic heterocycles. The van der Waals surface area contributed by atoms with Crippen LogP contribution in [-0.4, -0.2) is 40.3 Å². The maximum Gasteiger partial charge on any atom is 0.341 e. The Morgan fingerprint density at radius 3 is 2.67 bits per heavy atom. The molecule has 118 valence electrons. The number of hydrogen-bond donors (Lipinski definition) is 3. The number of amides is 1. The van der Waals surface area contributed by atoms with Gasteiger partial charge in [0, 0.05) is 13.2 Å².